The molecule has 0 aromatic rings. The van der Waals surface area contributed by atoms with Crippen LogP contribution in [0, 0.1) is 5.92 Å². The Labute approximate surface area is 74.4 Å². The van der Waals surface area contributed by atoms with Gasteiger partial charge in [-0.25, -0.2) is 4.39 Å². The van der Waals surface area contributed by atoms with Gasteiger partial charge in [0.1, 0.15) is 0 Å². The molecule has 0 radical (unpaired) electrons. The first-order chi connectivity index (χ1) is 5.40. The lowest BCUT2D eigenvalue weighted by atomic mass is 9.94. The van der Waals surface area contributed by atoms with Crippen molar-refractivity contribution >= 4 is 5.78 Å². The minimum absolute atomic E-state index is 0.251. The summed E-state index contributed by atoms with van der Waals surface area (Å²) in [5.41, 5.74) is -1.60. The Kier molecular flexibility index (Phi) is 4.43. The molecule has 0 amide bonds. The van der Waals surface area contributed by atoms with Gasteiger partial charge in [0, 0.05) is 6.42 Å². The maximum Gasteiger partial charge on any atom is 0.169 e. The number of hydrogen-bond acceptors (Lipinski definition) is 1. The highest BCUT2D eigenvalue weighted by atomic mass is 19.1. The van der Waals surface area contributed by atoms with E-state index in [4.69, 9.17) is 0 Å². The molecular weight excluding hydrogens is 155 g/mol. The minimum atomic E-state index is -1.60. The number of ketones is 1. The van der Waals surface area contributed by atoms with E-state index in [1.165, 1.54) is 6.92 Å². The van der Waals surface area contributed by atoms with E-state index in [1.807, 2.05) is 13.8 Å². The Morgan fingerprint density at radius 2 is 2.00 bits per heavy atom. The van der Waals surface area contributed by atoms with Crippen molar-refractivity contribution in [2.24, 2.45) is 5.92 Å². The molecular formula is C10H19FO. The Bertz CT molecular complexity index is 150. The lowest BCUT2D eigenvalue weighted by Crippen LogP contribution is -2.29. The molecule has 0 heterocycles. The zero-order valence-corrected chi connectivity index (χ0v) is 8.48. The van der Waals surface area contributed by atoms with Crippen LogP contribution in [0.15, 0.2) is 0 Å². The average molecular weight is 174 g/mol. The Morgan fingerprint density at radius 3 is 2.33 bits per heavy atom. The summed E-state index contributed by atoms with van der Waals surface area (Å²) in [7, 11) is 0. The molecule has 0 aromatic carbocycles. The van der Waals surface area contributed by atoms with Crippen LogP contribution in [-0.2, 0) is 4.79 Å². The van der Waals surface area contributed by atoms with Gasteiger partial charge >= 0.3 is 0 Å². The Morgan fingerprint density at radius 1 is 1.50 bits per heavy atom. The summed E-state index contributed by atoms with van der Waals surface area (Å²) in [5, 5.41) is 0. The molecule has 0 aliphatic heterocycles. The summed E-state index contributed by atoms with van der Waals surface area (Å²) in [6.07, 6.45) is 1.45. The minimum Gasteiger partial charge on any atom is -0.296 e. The fourth-order valence-electron chi connectivity index (χ4n) is 0.878. The standard InChI is InChI=1S/C10H19FO/c1-5-10(4,11)9(12)7-6-8(2)3/h8H,5-7H2,1-4H3. The van der Waals surface area contributed by atoms with Crippen LogP contribution >= 0.6 is 0 Å². The summed E-state index contributed by atoms with van der Waals surface area (Å²) < 4.78 is 13.3. The quantitative estimate of drug-likeness (QED) is 0.625. The Hall–Kier alpha value is -0.400. The van der Waals surface area contributed by atoms with Gasteiger partial charge in [-0.3, -0.25) is 4.79 Å². The molecule has 0 spiro atoms. The zero-order valence-electron chi connectivity index (χ0n) is 8.48. The van der Waals surface area contributed by atoms with Crippen LogP contribution in [0.2, 0.25) is 0 Å². The van der Waals surface area contributed by atoms with Gasteiger partial charge in [-0.2, -0.15) is 0 Å². The first-order valence-electron chi connectivity index (χ1n) is 4.62. The van der Waals surface area contributed by atoms with Gasteiger partial charge in [0.15, 0.2) is 11.5 Å². The highest BCUT2D eigenvalue weighted by Gasteiger charge is 2.29. The van der Waals surface area contributed by atoms with E-state index in [-0.39, 0.29) is 12.2 Å². The topological polar surface area (TPSA) is 17.1 Å². The van der Waals surface area contributed by atoms with Crippen molar-refractivity contribution in [3.05, 3.63) is 0 Å². The van der Waals surface area contributed by atoms with E-state index in [2.05, 4.69) is 0 Å². The number of rotatable bonds is 5. The first-order valence-corrected chi connectivity index (χ1v) is 4.62. The third-order valence-electron chi connectivity index (χ3n) is 2.19. The van der Waals surface area contributed by atoms with Crippen LogP contribution in [0.25, 0.3) is 0 Å². The molecule has 0 rings (SSSR count). The van der Waals surface area contributed by atoms with E-state index < -0.39 is 5.67 Å². The SMILES string of the molecule is CCC(C)(F)C(=O)CCC(C)C. The Balaban J connectivity index is 3.88. The van der Waals surface area contributed by atoms with Gasteiger partial charge in [0.05, 0.1) is 0 Å². The van der Waals surface area contributed by atoms with Crippen molar-refractivity contribution < 1.29 is 9.18 Å². The molecule has 12 heavy (non-hydrogen) atoms. The molecule has 1 atom stereocenters. The van der Waals surface area contributed by atoms with Crippen molar-refractivity contribution in [3.8, 4) is 0 Å². The molecule has 0 aliphatic carbocycles. The van der Waals surface area contributed by atoms with Crippen LogP contribution in [0.1, 0.15) is 47.0 Å². The molecule has 0 aromatic heterocycles. The molecule has 0 saturated heterocycles. The number of carbonyl (C=O) groups excluding carboxylic acids is 1. The normalized spacial score (nSPS) is 16.2. The largest absolute Gasteiger partial charge is 0.296 e. The molecule has 0 saturated carbocycles. The first kappa shape index (κ1) is 11.6. The second-order valence-electron chi connectivity index (χ2n) is 3.91. The van der Waals surface area contributed by atoms with Crippen LogP contribution in [-0.4, -0.2) is 11.5 Å². The second-order valence-corrected chi connectivity index (χ2v) is 3.91. The van der Waals surface area contributed by atoms with Gasteiger partial charge in [-0.1, -0.05) is 20.8 Å². The van der Waals surface area contributed by atoms with E-state index in [0.29, 0.717) is 12.3 Å². The predicted molar refractivity (Wildman–Crippen MR) is 48.9 cm³/mol. The summed E-state index contributed by atoms with van der Waals surface area (Å²) >= 11 is 0. The molecule has 0 fully saturated rings. The van der Waals surface area contributed by atoms with Crippen molar-refractivity contribution in [3.63, 3.8) is 0 Å². The molecule has 2 heteroatoms. The summed E-state index contributed by atoms with van der Waals surface area (Å²) in [5.74, 6) is 0.223. The molecule has 72 valence electrons. The lowest BCUT2D eigenvalue weighted by molar-refractivity contribution is -0.130. The highest BCUT2D eigenvalue weighted by molar-refractivity contribution is 5.86. The van der Waals surface area contributed by atoms with Gasteiger partial charge in [-0.15, -0.1) is 0 Å². The molecule has 0 bridgehead atoms. The van der Waals surface area contributed by atoms with Crippen LogP contribution in [0.4, 0.5) is 4.39 Å². The maximum absolute atomic E-state index is 13.3. The number of Topliss-reactive ketones (excluding diaryl/α,β-unsaturated/α-hetero) is 1. The van der Waals surface area contributed by atoms with Gasteiger partial charge in [-0.05, 0) is 25.7 Å². The molecule has 0 aliphatic rings. The third kappa shape index (κ3) is 3.84. The van der Waals surface area contributed by atoms with Crippen LogP contribution < -0.4 is 0 Å². The fourth-order valence-corrected chi connectivity index (χ4v) is 0.878. The second kappa shape index (κ2) is 4.58. The van der Waals surface area contributed by atoms with Crippen molar-refractivity contribution in [1.82, 2.24) is 0 Å². The zero-order chi connectivity index (χ0) is 9.78. The van der Waals surface area contributed by atoms with Crippen LogP contribution in [0.3, 0.4) is 0 Å². The number of hydrogen-bond donors (Lipinski definition) is 0. The maximum atomic E-state index is 13.3. The monoisotopic (exact) mass is 174 g/mol. The van der Waals surface area contributed by atoms with Gasteiger partial charge in [0.25, 0.3) is 0 Å². The smallest absolute Gasteiger partial charge is 0.169 e. The van der Waals surface area contributed by atoms with E-state index in [9.17, 15) is 9.18 Å². The van der Waals surface area contributed by atoms with E-state index in [1.54, 1.807) is 6.92 Å². The molecule has 0 N–H and O–H groups in total. The predicted octanol–water partition coefficient (Wildman–Crippen LogP) is 3.13. The third-order valence-corrected chi connectivity index (χ3v) is 2.19. The summed E-state index contributed by atoms with van der Waals surface area (Å²) in [6, 6.07) is 0. The van der Waals surface area contributed by atoms with Crippen molar-refractivity contribution in [2.75, 3.05) is 0 Å². The lowest BCUT2D eigenvalue weighted by Gasteiger charge is -2.16. The summed E-state index contributed by atoms with van der Waals surface area (Å²) in [6.45, 7) is 7.15. The number of carbonyl (C=O) groups is 1. The summed E-state index contributed by atoms with van der Waals surface area (Å²) in [4.78, 5) is 11.2. The van der Waals surface area contributed by atoms with Crippen molar-refractivity contribution in [2.45, 2.75) is 52.6 Å². The highest BCUT2D eigenvalue weighted by Crippen LogP contribution is 2.20. The average Bonchev–Trinajstić information content (AvgIpc) is 2.00. The van der Waals surface area contributed by atoms with Gasteiger partial charge < -0.3 is 0 Å². The number of alkyl halides is 1. The molecule has 1 nitrogen and oxygen atoms in total. The van der Waals surface area contributed by atoms with Crippen molar-refractivity contribution in [1.29, 1.82) is 0 Å². The van der Waals surface area contributed by atoms with E-state index >= 15 is 0 Å². The number of halogens is 1. The van der Waals surface area contributed by atoms with Crippen LogP contribution in [0.5, 0.6) is 0 Å². The molecule has 1 unspecified atom stereocenters. The fraction of sp³-hybridized carbons (Fsp3) is 0.900. The van der Waals surface area contributed by atoms with E-state index in [0.717, 1.165) is 6.42 Å². The van der Waals surface area contributed by atoms with Gasteiger partial charge in [0.2, 0.25) is 0 Å².